The third-order valence-corrected chi connectivity index (χ3v) is 3.34. The molecule has 1 heterocycles. The van der Waals surface area contributed by atoms with Crippen LogP contribution in [0.2, 0.25) is 0 Å². The molecule has 0 aliphatic heterocycles. The van der Waals surface area contributed by atoms with Gasteiger partial charge in [-0.15, -0.1) is 24.0 Å². The van der Waals surface area contributed by atoms with Crippen LogP contribution in [0.3, 0.4) is 0 Å². The van der Waals surface area contributed by atoms with Crippen molar-refractivity contribution in [2.75, 3.05) is 13.1 Å². The lowest BCUT2D eigenvalue weighted by atomic mass is 9.99. The summed E-state index contributed by atoms with van der Waals surface area (Å²) in [7, 11) is 0. The van der Waals surface area contributed by atoms with E-state index in [0.29, 0.717) is 12.5 Å². The predicted molar refractivity (Wildman–Crippen MR) is 98.0 cm³/mol. The van der Waals surface area contributed by atoms with Gasteiger partial charge in [-0.1, -0.05) is 38.3 Å². The Bertz CT molecular complexity index is 368. The van der Waals surface area contributed by atoms with Crippen molar-refractivity contribution >= 4 is 29.9 Å². The number of unbranched alkanes of at least 4 members (excludes halogenated alkanes) is 1. The molecule has 0 amide bonds. The molecule has 6 heteroatoms. The molecule has 0 bridgehead atoms. The van der Waals surface area contributed by atoms with Gasteiger partial charge in [-0.25, -0.2) is 4.99 Å². The number of rotatable bonds is 9. The summed E-state index contributed by atoms with van der Waals surface area (Å²) in [5.41, 5.74) is 0.847. The number of nitrogens with zero attached hydrogens (tertiary/aromatic N) is 2. The highest BCUT2D eigenvalue weighted by Crippen LogP contribution is 2.11. The third-order valence-electron chi connectivity index (χ3n) is 3.34. The minimum Gasteiger partial charge on any atom is -0.364 e. The molecule has 1 aromatic heterocycles. The molecule has 2 N–H and O–H groups in total. The van der Waals surface area contributed by atoms with Crippen LogP contribution >= 0.6 is 24.0 Å². The highest BCUT2D eigenvalue weighted by molar-refractivity contribution is 14.0. The van der Waals surface area contributed by atoms with Gasteiger partial charge < -0.3 is 15.2 Å². The smallest absolute Gasteiger partial charge is 0.191 e. The van der Waals surface area contributed by atoms with E-state index in [1.807, 2.05) is 6.07 Å². The first kappa shape index (κ1) is 20.2. The van der Waals surface area contributed by atoms with Crippen molar-refractivity contribution in [3.05, 3.63) is 18.0 Å². The highest BCUT2D eigenvalue weighted by Gasteiger charge is 2.07. The molecule has 0 spiro atoms. The molecule has 1 unspecified atom stereocenters. The highest BCUT2D eigenvalue weighted by atomic mass is 127. The SMILES string of the molecule is CCCCC(CC)CNC(=NCc1ccon1)NCC.I. The molecule has 1 aromatic rings. The second kappa shape index (κ2) is 12.9. The Morgan fingerprint density at radius 1 is 1.33 bits per heavy atom. The van der Waals surface area contributed by atoms with Crippen LogP contribution < -0.4 is 10.6 Å². The minimum atomic E-state index is 0. The van der Waals surface area contributed by atoms with E-state index in [0.717, 1.165) is 24.7 Å². The van der Waals surface area contributed by atoms with Crippen molar-refractivity contribution in [1.29, 1.82) is 0 Å². The van der Waals surface area contributed by atoms with Crippen LogP contribution in [0.4, 0.5) is 0 Å². The second-order valence-corrected chi connectivity index (χ2v) is 4.98. The predicted octanol–water partition coefficient (Wildman–Crippen LogP) is 3.56. The maximum atomic E-state index is 4.81. The maximum Gasteiger partial charge on any atom is 0.191 e. The molecular weight excluding hydrogens is 379 g/mol. The van der Waals surface area contributed by atoms with E-state index in [-0.39, 0.29) is 24.0 Å². The van der Waals surface area contributed by atoms with E-state index < -0.39 is 0 Å². The van der Waals surface area contributed by atoms with Crippen LogP contribution in [0.1, 0.15) is 52.1 Å². The monoisotopic (exact) mass is 408 g/mol. The molecule has 21 heavy (non-hydrogen) atoms. The van der Waals surface area contributed by atoms with Crippen LogP contribution in [-0.2, 0) is 6.54 Å². The Balaban J connectivity index is 0.00000400. The fourth-order valence-electron chi connectivity index (χ4n) is 2.01. The van der Waals surface area contributed by atoms with E-state index in [4.69, 9.17) is 4.52 Å². The zero-order chi connectivity index (χ0) is 14.6. The van der Waals surface area contributed by atoms with E-state index in [1.165, 1.54) is 25.7 Å². The van der Waals surface area contributed by atoms with Gasteiger partial charge in [-0.05, 0) is 19.3 Å². The van der Waals surface area contributed by atoms with Crippen LogP contribution in [0.15, 0.2) is 21.8 Å². The Hall–Kier alpha value is -0.790. The molecule has 0 aromatic carbocycles. The fourth-order valence-corrected chi connectivity index (χ4v) is 2.01. The molecule has 5 nitrogen and oxygen atoms in total. The van der Waals surface area contributed by atoms with Crippen LogP contribution in [0.25, 0.3) is 0 Å². The summed E-state index contributed by atoms with van der Waals surface area (Å²) < 4.78 is 4.81. The number of nitrogens with one attached hydrogen (secondary N) is 2. The van der Waals surface area contributed by atoms with Crippen LogP contribution in [0.5, 0.6) is 0 Å². The number of hydrogen-bond acceptors (Lipinski definition) is 3. The average molecular weight is 408 g/mol. The van der Waals surface area contributed by atoms with Crippen molar-refractivity contribution in [2.45, 2.75) is 53.0 Å². The molecule has 0 fully saturated rings. The zero-order valence-electron chi connectivity index (χ0n) is 13.4. The summed E-state index contributed by atoms with van der Waals surface area (Å²) in [6, 6.07) is 1.84. The van der Waals surface area contributed by atoms with Gasteiger partial charge in [-0.2, -0.15) is 0 Å². The second-order valence-electron chi connectivity index (χ2n) is 4.98. The molecule has 1 rings (SSSR count). The molecule has 0 aliphatic carbocycles. The van der Waals surface area contributed by atoms with Crippen molar-refractivity contribution in [3.63, 3.8) is 0 Å². The van der Waals surface area contributed by atoms with Gasteiger partial charge in [0.05, 0.1) is 6.54 Å². The van der Waals surface area contributed by atoms with E-state index in [9.17, 15) is 0 Å². The molecular formula is C15H29IN4O. The Morgan fingerprint density at radius 2 is 2.14 bits per heavy atom. The van der Waals surface area contributed by atoms with E-state index >= 15 is 0 Å². The van der Waals surface area contributed by atoms with Crippen LogP contribution in [0, 0.1) is 5.92 Å². The first-order valence-electron chi connectivity index (χ1n) is 7.71. The molecule has 0 saturated carbocycles. The Morgan fingerprint density at radius 3 is 2.71 bits per heavy atom. The summed E-state index contributed by atoms with van der Waals surface area (Å²) in [5.74, 6) is 1.57. The average Bonchev–Trinajstić information content (AvgIpc) is 2.98. The van der Waals surface area contributed by atoms with Gasteiger partial charge in [0.1, 0.15) is 12.0 Å². The number of aliphatic imine (C=N–C) groups is 1. The molecule has 0 radical (unpaired) electrons. The van der Waals surface area contributed by atoms with Crippen molar-refractivity contribution in [2.24, 2.45) is 10.9 Å². The van der Waals surface area contributed by atoms with Crippen molar-refractivity contribution in [3.8, 4) is 0 Å². The van der Waals surface area contributed by atoms with Gasteiger partial charge in [-0.3, -0.25) is 0 Å². The fraction of sp³-hybridized carbons (Fsp3) is 0.733. The van der Waals surface area contributed by atoms with E-state index in [2.05, 4.69) is 41.6 Å². The Kier molecular flexibility index (Phi) is 12.4. The number of guanidine groups is 1. The van der Waals surface area contributed by atoms with Crippen molar-refractivity contribution in [1.82, 2.24) is 15.8 Å². The van der Waals surface area contributed by atoms with Gasteiger partial charge in [0.15, 0.2) is 5.96 Å². The summed E-state index contributed by atoms with van der Waals surface area (Å²) >= 11 is 0. The first-order chi connectivity index (χ1) is 9.80. The van der Waals surface area contributed by atoms with Crippen LogP contribution in [-0.4, -0.2) is 24.2 Å². The van der Waals surface area contributed by atoms with Gasteiger partial charge in [0.25, 0.3) is 0 Å². The quantitative estimate of drug-likeness (QED) is 0.373. The summed E-state index contributed by atoms with van der Waals surface area (Å²) in [6.45, 7) is 8.93. The number of halogens is 1. The normalized spacial score (nSPS) is 12.6. The Labute approximate surface area is 145 Å². The number of aromatic nitrogens is 1. The summed E-state index contributed by atoms with van der Waals surface area (Å²) in [6.07, 6.45) is 6.62. The third kappa shape index (κ3) is 8.95. The zero-order valence-corrected chi connectivity index (χ0v) is 15.7. The van der Waals surface area contributed by atoms with E-state index in [1.54, 1.807) is 6.26 Å². The molecule has 0 aliphatic rings. The summed E-state index contributed by atoms with van der Waals surface area (Å²) in [4.78, 5) is 4.51. The lowest BCUT2D eigenvalue weighted by molar-refractivity contribution is 0.412. The molecule has 0 saturated heterocycles. The summed E-state index contributed by atoms with van der Waals surface area (Å²) in [5, 5.41) is 10.5. The lowest BCUT2D eigenvalue weighted by Crippen LogP contribution is -2.39. The van der Waals surface area contributed by atoms with Crippen molar-refractivity contribution < 1.29 is 4.52 Å². The van der Waals surface area contributed by atoms with Gasteiger partial charge >= 0.3 is 0 Å². The van der Waals surface area contributed by atoms with Gasteiger partial charge in [0, 0.05) is 19.2 Å². The maximum absolute atomic E-state index is 4.81. The largest absolute Gasteiger partial charge is 0.364 e. The first-order valence-corrected chi connectivity index (χ1v) is 7.71. The minimum absolute atomic E-state index is 0. The standard InChI is InChI=1S/C15H28N4O.HI/c1-4-7-8-13(5-2)11-17-15(16-6-3)18-12-14-9-10-20-19-14;/h9-10,13H,4-8,11-12H2,1-3H3,(H2,16,17,18);1H. The topological polar surface area (TPSA) is 62.5 Å². The van der Waals surface area contributed by atoms with Gasteiger partial charge in [0.2, 0.25) is 0 Å². The lowest BCUT2D eigenvalue weighted by Gasteiger charge is -2.17. The molecule has 122 valence electrons. The molecule has 1 atom stereocenters. The number of hydrogen-bond donors (Lipinski definition) is 2.